The zero-order valence-electron chi connectivity index (χ0n) is 15.5. The van der Waals surface area contributed by atoms with Gasteiger partial charge in [-0.05, 0) is 48.2 Å². The van der Waals surface area contributed by atoms with E-state index in [1.54, 1.807) is 18.5 Å². The van der Waals surface area contributed by atoms with E-state index in [1.807, 2.05) is 48.5 Å². The third-order valence-electron chi connectivity index (χ3n) is 4.97. The standard InChI is InChI=1S/C20H24INO4S/c1-25-18-7-3-16(4-8-18)13-22(27(23,24)20(15-21)11-12-20)14-17-5-9-19(26-2)10-6-17/h3-10H,11-15H2,1-2H3. The van der Waals surface area contributed by atoms with Crippen molar-refractivity contribution in [2.75, 3.05) is 18.6 Å². The molecule has 1 aliphatic carbocycles. The van der Waals surface area contributed by atoms with Crippen molar-refractivity contribution in [1.29, 1.82) is 0 Å². The highest BCUT2D eigenvalue weighted by atomic mass is 127. The lowest BCUT2D eigenvalue weighted by Gasteiger charge is -2.27. The Bertz CT molecular complexity index is 812. The molecule has 2 aromatic carbocycles. The van der Waals surface area contributed by atoms with Gasteiger partial charge >= 0.3 is 0 Å². The molecule has 0 radical (unpaired) electrons. The summed E-state index contributed by atoms with van der Waals surface area (Å²) in [5.41, 5.74) is 1.88. The minimum Gasteiger partial charge on any atom is -0.497 e. The van der Waals surface area contributed by atoms with Crippen LogP contribution in [0.1, 0.15) is 24.0 Å². The number of sulfonamides is 1. The molecule has 0 heterocycles. The topological polar surface area (TPSA) is 55.8 Å². The Morgan fingerprint density at radius 1 is 0.889 bits per heavy atom. The summed E-state index contributed by atoms with van der Waals surface area (Å²) in [7, 11) is -0.168. The molecule has 0 aromatic heterocycles. The predicted octanol–water partition coefficient (Wildman–Crippen LogP) is 4.00. The van der Waals surface area contributed by atoms with Gasteiger partial charge < -0.3 is 9.47 Å². The highest BCUT2D eigenvalue weighted by molar-refractivity contribution is 14.1. The Balaban J connectivity index is 1.87. The molecular formula is C20H24INO4S. The van der Waals surface area contributed by atoms with Crippen LogP contribution in [0.2, 0.25) is 0 Å². The van der Waals surface area contributed by atoms with Crippen molar-refractivity contribution < 1.29 is 17.9 Å². The molecule has 0 unspecified atom stereocenters. The molecule has 0 saturated heterocycles. The minimum absolute atomic E-state index is 0.344. The summed E-state index contributed by atoms with van der Waals surface area (Å²) >= 11 is 2.19. The second kappa shape index (κ2) is 8.36. The molecule has 0 N–H and O–H groups in total. The highest BCUT2D eigenvalue weighted by Crippen LogP contribution is 2.47. The van der Waals surface area contributed by atoms with E-state index in [4.69, 9.17) is 9.47 Å². The number of rotatable bonds is 9. The molecule has 0 bridgehead atoms. The van der Waals surface area contributed by atoms with Crippen LogP contribution in [0.4, 0.5) is 0 Å². The summed E-state index contributed by atoms with van der Waals surface area (Å²) < 4.78 is 38.8. The first-order chi connectivity index (χ1) is 12.9. The van der Waals surface area contributed by atoms with Gasteiger partial charge in [-0.1, -0.05) is 46.9 Å². The van der Waals surface area contributed by atoms with Crippen molar-refractivity contribution in [3.63, 3.8) is 0 Å². The Labute approximate surface area is 174 Å². The molecule has 1 aliphatic rings. The third-order valence-corrected chi connectivity index (χ3v) is 9.54. The van der Waals surface area contributed by atoms with Crippen LogP contribution in [0.15, 0.2) is 48.5 Å². The molecule has 5 nitrogen and oxygen atoms in total. The molecule has 1 fully saturated rings. The van der Waals surface area contributed by atoms with E-state index in [0.29, 0.717) is 17.5 Å². The van der Waals surface area contributed by atoms with Gasteiger partial charge in [-0.3, -0.25) is 0 Å². The average molecular weight is 501 g/mol. The molecule has 27 heavy (non-hydrogen) atoms. The minimum atomic E-state index is -3.40. The SMILES string of the molecule is COc1ccc(CN(Cc2ccc(OC)cc2)S(=O)(=O)C2(CI)CC2)cc1. The Morgan fingerprint density at radius 2 is 1.30 bits per heavy atom. The Hall–Kier alpha value is -1.32. The second-order valence-corrected chi connectivity index (χ2v) is 9.88. The zero-order chi connectivity index (χ0) is 19.5. The first-order valence-corrected chi connectivity index (χ1v) is 11.7. The molecule has 0 amide bonds. The lowest BCUT2D eigenvalue weighted by atomic mass is 10.2. The van der Waals surface area contributed by atoms with Gasteiger partial charge in [0.2, 0.25) is 10.0 Å². The first-order valence-electron chi connectivity index (χ1n) is 8.75. The number of nitrogens with zero attached hydrogens (tertiary/aromatic N) is 1. The highest BCUT2D eigenvalue weighted by Gasteiger charge is 2.55. The van der Waals surface area contributed by atoms with E-state index in [2.05, 4.69) is 22.6 Å². The molecule has 3 rings (SSSR count). The van der Waals surface area contributed by atoms with Crippen molar-refractivity contribution in [1.82, 2.24) is 4.31 Å². The van der Waals surface area contributed by atoms with Crippen molar-refractivity contribution >= 4 is 32.6 Å². The summed E-state index contributed by atoms with van der Waals surface area (Å²) in [5, 5.41) is 0. The number of halogens is 1. The van der Waals surface area contributed by atoms with Crippen LogP contribution in [0, 0.1) is 0 Å². The monoisotopic (exact) mass is 501 g/mol. The van der Waals surface area contributed by atoms with Gasteiger partial charge in [-0.25, -0.2) is 8.42 Å². The second-order valence-electron chi connectivity index (χ2n) is 6.79. The zero-order valence-corrected chi connectivity index (χ0v) is 18.5. The Morgan fingerprint density at radius 3 is 1.59 bits per heavy atom. The van der Waals surface area contributed by atoms with Crippen LogP contribution in [0.5, 0.6) is 11.5 Å². The number of ether oxygens (including phenoxy) is 2. The summed E-state index contributed by atoms with van der Waals surface area (Å²) in [6, 6.07) is 15.1. The molecule has 7 heteroatoms. The van der Waals surface area contributed by atoms with Gasteiger partial charge in [0.1, 0.15) is 11.5 Å². The smallest absolute Gasteiger partial charge is 0.221 e. The maximum absolute atomic E-state index is 13.4. The summed E-state index contributed by atoms with van der Waals surface area (Å²) in [6.07, 6.45) is 1.47. The van der Waals surface area contributed by atoms with Gasteiger partial charge in [0.05, 0.1) is 19.0 Å². The molecular weight excluding hydrogens is 477 g/mol. The van der Waals surface area contributed by atoms with E-state index in [1.165, 1.54) is 0 Å². The van der Waals surface area contributed by atoms with E-state index < -0.39 is 14.8 Å². The number of hydrogen-bond donors (Lipinski definition) is 0. The van der Waals surface area contributed by atoms with E-state index in [-0.39, 0.29) is 0 Å². The fourth-order valence-corrected chi connectivity index (χ4v) is 6.85. The quantitative estimate of drug-likeness (QED) is 0.385. The van der Waals surface area contributed by atoms with Gasteiger partial charge in [-0.15, -0.1) is 0 Å². The lowest BCUT2D eigenvalue weighted by molar-refractivity contribution is 0.391. The summed E-state index contributed by atoms with van der Waals surface area (Å²) in [5.74, 6) is 1.52. The van der Waals surface area contributed by atoms with E-state index in [0.717, 1.165) is 35.5 Å². The molecule has 0 aliphatic heterocycles. The van der Waals surface area contributed by atoms with Crippen LogP contribution in [0.3, 0.4) is 0 Å². The van der Waals surface area contributed by atoms with E-state index in [9.17, 15) is 8.42 Å². The molecule has 0 atom stereocenters. The third kappa shape index (κ3) is 4.41. The molecule has 146 valence electrons. The number of benzene rings is 2. The van der Waals surface area contributed by atoms with Crippen LogP contribution in [-0.4, -0.2) is 36.1 Å². The van der Waals surface area contributed by atoms with Gasteiger partial charge in [0, 0.05) is 17.5 Å². The van der Waals surface area contributed by atoms with Crippen LogP contribution in [-0.2, 0) is 23.1 Å². The van der Waals surface area contributed by atoms with Gasteiger partial charge in [0.25, 0.3) is 0 Å². The number of alkyl halides is 1. The van der Waals surface area contributed by atoms with Gasteiger partial charge in [0.15, 0.2) is 0 Å². The average Bonchev–Trinajstić information content (AvgIpc) is 3.50. The maximum atomic E-state index is 13.4. The number of methoxy groups -OCH3 is 2. The van der Waals surface area contributed by atoms with Crippen molar-refractivity contribution in [3.05, 3.63) is 59.7 Å². The molecule has 2 aromatic rings. The van der Waals surface area contributed by atoms with Crippen molar-refractivity contribution in [3.8, 4) is 11.5 Å². The van der Waals surface area contributed by atoms with Crippen LogP contribution in [0.25, 0.3) is 0 Å². The Kier molecular flexibility index (Phi) is 6.32. The van der Waals surface area contributed by atoms with Gasteiger partial charge in [-0.2, -0.15) is 4.31 Å². The normalized spacial score (nSPS) is 15.6. The van der Waals surface area contributed by atoms with E-state index >= 15 is 0 Å². The summed E-state index contributed by atoms with van der Waals surface area (Å²) in [6.45, 7) is 0.688. The maximum Gasteiger partial charge on any atom is 0.221 e. The number of hydrogen-bond acceptors (Lipinski definition) is 4. The van der Waals surface area contributed by atoms with Crippen molar-refractivity contribution in [2.45, 2.75) is 30.7 Å². The lowest BCUT2D eigenvalue weighted by Crippen LogP contribution is -2.40. The molecule has 0 spiro atoms. The largest absolute Gasteiger partial charge is 0.497 e. The summed E-state index contributed by atoms with van der Waals surface area (Å²) in [4.78, 5) is 0. The first kappa shape index (κ1) is 20.4. The fourth-order valence-electron chi connectivity index (χ4n) is 2.97. The molecule has 1 saturated carbocycles. The fraction of sp³-hybridized carbons (Fsp3) is 0.400. The predicted molar refractivity (Wildman–Crippen MR) is 115 cm³/mol. The van der Waals surface area contributed by atoms with Crippen molar-refractivity contribution in [2.24, 2.45) is 0 Å². The van der Waals surface area contributed by atoms with Crippen LogP contribution < -0.4 is 9.47 Å². The van der Waals surface area contributed by atoms with Crippen LogP contribution >= 0.6 is 22.6 Å².